The van der Waals surface area contributed by atoms with Crippen LogP contribution in [0.4, 0.5) is 5.13 Å². The first kappa shape index (κ1) is 16.6. The van der Waals surface area contributed by atoms with Crippen LogP contribution in [0, 0.1) is 6.92 Å². The number of benzene rings is 2. The maximum Gasteiger partial charge on any atom is 0.197 e. The number of nitrogens with one attached hydrogen (secondary N) is 2. The van der Waals surface area contributed by atoms with E-state index in [2.05, 4.69) is 22.5 Å². The van der Waals surface area contributed by atoms with Crippen molar-refractivity contribution >= 4 is 22.4 Å². The standard InChI is InChI=1S/C20H20N4OS/c1-14-7-9-15(10-8-14)25-18-6-3-2-5-16(18)17-13-26-20(23-17)24-19-21-11-4-12-22-19/h2-3,5-10,13H,4,11-12H2,1H3,(H2,21,22,23,24). The van der Waals surface area contributed by atoms with Crippen molar-refractivity contribution in [2.24, 2.45) is 4.99 Å². The molecule has 0 bridgehead atoms. The quantitative estimate of drug-likeness (QED) is 0.706. The number of thiazole rings is 1. The Bertz CT molecular complexity index is 918. The third kappa shape index (κ3) is 3.86. The molecule has 0 amide bonds. The topological polar surface area (TPSA) is 58.5 Å². The van der Waals surface area contributed by atoms with Crippen LogP contribution in [-0.2, 0) is 0 Å². The summed E-state index contributed by atoms with van der Waals surface area (Å²) in [7, 11) is 0. The van der Waals surface area contributed by atoms with Gasteiger partial charge in [0.05, 0.1) is 5.69 Å². The van der Waals surface area contributed by atoms with Gasteiger partial charge in [-0.15, -0.1) is 11.3 Å². The van der Waals surface area contributed by atoms with Crippen LogP contribution in [-0.4, -0.2) is 24.0 Å². The number of hydrogen-bond acceptors (Lipinski definition) is 6. The van der Waals surface area contributed by atoms with Crippen LogP contribution in [0.5, 0.6) is 11.5 Å². The second kappa shape index (κ2) is 7.58. The van der Waals surface area contributed by atoms with Crippen molar-refractivity contribution in [2.45, 2.75) is 13.3 Å². The Morgan fingerprint density at radius 2 is 1.96 bits per heavy atom. The highest BCUT2D eigenvalue weighted by Gasteiger charge is 2.12. The van der Waals surface area contributed by atoms with Crippen LogP contribution in [0.25, 0.3) is 11.3 Å². The summed E-state index contributed by atoms with van der Waals surface area (Å²) in [5.41, 5.74) is 3.06. The molecule has 0 fully saturated rings. The predicted octanol–water partition coefficient (Wildman–Crippen LogP) is 4.67. The van der Waals surface area contributed by atoms with Crippen molar-refractivity contribution in [3.63, 3.8) is 0 Å². The molecule has 2 heterocycles. The number of hydrogen-bond donors (Lipinski definition) is 2. The molecule has 0 radical (unpaired) electrons. The highest BCUT2D eigenvalue weighted by atomic mass is 32.1. The van der Waals surface area contributed by atoms with Crippen molar-refractivity contribution in [1.29, 1.82) is 0 Å². The molecule has 1 aliphatic rings. The molecule has 0 saturated carbocycles. The third-order valence-electron chi connectivity index (χ3n) is 4.04. The van der Waals surface area contributed by atoms with Gasteiger partial charge in [-0.2, -0.15) is 0 Å². The summed E-state index contributed by atoms with van der Waals surface area (Å²) in [6.07, 6.45) is 1.07. The van der Waals surface area contributed by atoms with Gasteiger partial charge in [0.25, 0.3) is 0 Å². The molecule has 0 atom stereocenters. The Morgan fingerprint density at radius 1 is 1.12 bits per heavy atom. The van der Waals surface area contributed by atoms with Crippen molar-refractivity contribution < 1.29 is 4.74 Å². The first-order valence-electron chi connectivity index (χ1n) is 8.63. The highest BCUT2D eigenvalue weighted by Crippen LogP contribution is 2.34. The van der Waals surface area contributed by atoms with Gasteiger partial charge in [-0.05, 0) is 37.6 Å². The van der Waals surface area contributed by atoms with Gasteiger partial charge in [0.15, 0.2) is 11.1 Å². The van der Waals surface area contributed by atoms with Gasteiger partial charge >= 0.3 is 0 Å². The first-order valence-corrected chi connectivity index (χ1v) is 9.51. The first-order chi connectivity index (χ1) is 12.8. The summed E-state index contributed by atoms with van der Waals surface area (Å²) in [6, 6.07) is 16.0. The van der Waals surface area contributed by atoms with E-state index in [1.54, 1.807) is 11.3 Å². The minimum absolute atomic E-state index is 0.793. The number of ether oxygens (including phenoxy) is 1. The lowest BCUT2D eigenvalue weighted by Gasteiger charge is -2.14. The molecule has 5 nitrogen and oxygen atoms in total. The largest absolute Gasteiger partial charge is 0.457 e. The Hall–Kier alpha value is -2.86. The van der Waals surface area contributed by atoms with Gasteiger partial charge in [-0.1, -0.05) is 29.8 Å². The lowest BCUT2D eigenvalue weighted by atomic mass is 10.1. The third-order valence-corrected chi connectivity index (χ3v) is 4.80. The number of aryl methyl sites for hydroxylation is 1. The van der Waals surface area contributed by atoms with Gasteiger partial charge in [-0.25, -0.2) is 4.98 Å². The van der Waals surface area contributed by atoms with Crippen LogP contribution >= 0.6 is 11.3 Å². The molecular formula is C20H20N4OS. The van der Waals surface area contributed by atoms with E-state index in [0.717, 1.165) is 53.4 Å². The Balaban J connectivity index is 1.56. The number of nitrogens with zero attached hydrogens (tertiary/aromatic N) is 2. The molecule has 1 aliphatic heterocycles. The van der Waals surface area contributed by atoms with Crippen LogP contribution in [0.15, 0.2) is 58.9 Å². The van der Waals surface area contributed by atoms with E-state index in [1.807, 2.05) is 53.9 Å². The smallest absolute Gasteiger partial charge is 0.197 e. The zero-order valence-corrected chi connectivity index (χ0v) is 15.3. The number of guanidine groups is 1. The molecule has 1 aromatic heterocycles. The van der Waals surface area contributed by atoms with E-state index in [4.69, 9.17) is 9.72 Å². The zero-order chi connectivity index (χ0) is 17.8. The fourth-order valence-electron chi connectivity index (χ4n) is 2.67. The van der Waals surface area contributed by atoms with E-state index >= 15 is 0 Å². The van der Waals surface area contributed by atoms with Crippen LogP contribution < -0.4 is 15.4 Å². The van der Waals surface area contributed by atoms with Gasteiger partial charge in [-0.3, -0.25) is 4.99 Å². The molecule has 4 rings (SSSR count). The Labute approximate surface area is 156 Å². The molecule has 2 aromatic carbocycles. The summed E-state index contributed by atoms with van der Waals surface area (Å²) in [5.74, 6) is 2.40. The van der Waals surface area contributed by atoms with E-state index < -0.39 is 0 Å². The summed E-state index contributed by atoms with van der Waals surface area (Å²) in [6.45, 7) is 3.85. The molecule has 3 aromatic rings. The van der Waals surface area contributed by atoms with E-state index in [0.29, 0.717) is 0 Å². The van der Waals surface area contributed by atoms with Gasteiger partial charge < -0.3 is 15.4 Å². The Morgan fingerprint density at radius 3 is 2.77 bits per heavy atom. The molecule has 0 aliphatic carbocycles. The van der Waals surface area contributed by atoms with Gasteiger partial charge in [0.1, 0.15) is 11.5 Å². The molecular weight excluding hydrogens is 344 g/mol. The van der Waals surface area contributed by atoms with Crippen LogP contribution in [0.1, 0.15) is 12.0 Å². The number of anilines is 1. The lowest BCUT2D eigenvalue weighted by molar-refractivity contribution is 0.484. The fraction of sp³-hybridized carbons (Fsp3) is 0.200. The van der Waals surface area contributed by atoms with Crippen LogP contribution in [0.3, 0.4) is 0 Å². The summed E-state index contributed by atoms with van der Waals surface area (Å²) in [5, 5.41) is 9.35. The lowest BCUT2D eigenvalue weighted by Crippen LogP contribution is -2.35. The van der Waals surface area contributed by atoms with Crippen LogP contribution in [0.2, 0.25) is 0 Å². The fourth-order valence-corrected chi connectivity index (χ4v) is 3.38. The van der Waals surface area contributed by atoms with Crippen molar-refractivity contribution in [3.8, 4) is 22.8 Å². The Kier molecular flexibility index (Phi) is 4.84. The zero-order valence-electron chi connectivity index (χ0n) is 14.5. The minimum Gasteiger partial charge on any atom is -0.457 e. The van der Waals surface area contributed by atoms with Crippen molar-refractivity contribution in [2.75, 3.05) is 18.4 Å². The molecule has 6 heteroatoms. The van der Waals surface area contributed by atoms with Gasteiger partial charge in [0.2, 0.25) is 0 Å². The SMILES string of the molecule is Cc1ccc(Oc2ccccc2-c2csc(NC3=NCCCN3)n2)cc1. The molecule has 0 unspecified atom stereocenters. The number of aliphatic imine (C=N–C) groups is 1. The maximum atomic E-state index is 6.09. The molecule has 132 valence electrons. The number of rotatable bonds is 4. The molecule has 2 N–H and O–H groups in total. The minimum atomic E-state index is 0.793. The monoisotopic (exact) mass is 364 g/mol. The van der Waals surface area contributed by atoms with E-state index in [1.165, 1.54) is 5.56 Å². The summed E-state index contributed by atoms with van der Waals surface area (Å²) >= 11 is 1.56. The predicted molar refractivity (Wildman–Crippen MR) is 107 cm³/mol. The normalized spacial score (nSPS) is 13.7. The highest BCUT2D eigenvalue weighted by molar-refractivity contribution is 7.14. The van der Waals surface area contributed by atoms with E-state index in [9.17, 15) is 0 Å². The number of aromatic nitrogens is 1. The second-order valence-corrected chi connectivity index (χ2v) is 6.94. The van der Waals surface area contributed by atoms with Crippen molar-refractivity contribution in [3.05, 3.63) is 59.5 Å². The molecule has 0 saturated heterocycles. The number of para-hydroxylation sites is 1. The maximum absolute atomic E-state index is 6.09. The van der Waals surface area contributed by atoms with E-state index in [-0.39, 0.29) is 0 Å². The summed E-state index contributed by atoms with van der Waals surface area (Å²) in [4.78, 5) is 9.12. The second-order valence-electron chi connectivity index (χ2n) is 6.08. The average Bonchev–Trinajstić information content (AvgIpc) is 3.13. The molecule has 26 heavy (non-hydrogen) atoms. The van der Waals surface area contributed by atoms with Crippen molar-refractivity contribution in [1.82, 2.24) is 10.3 Å². The molecule has 0 spiro atoms. The average molecular weight is 364 g/mol. The van der Waals surface area contributed by atoms with Gasteiger partial charge in [0, 0.05) is 24.0 Å². The summed E-state index contributed by atoms with van der Waals surface area (Å²) < 4.78 is 6.09.